The molecule has 2 heterocycles. The first kappa shape index (κ1) is 11.5. The average molecular weight is 267 g/mol. The van der Waals surface area contributed by atoms with Gasteiger partial charge in [0.2, 0.25) is 0 Å². The monoisotopic (exact) mass is 267 g/mol. The Hall–Kier alpha value is -0.620. The first-order valence-corrected chi connectivity index (χ1v) is 7.29. The summed E-state index contributed by atoms with van der Waals surface area (Å²) in [7, 11) is 0. The maximum atomic E-state index is 9.34. The van der Waals surface area contributed by atoms with Crippen molar-refractivity contribution < 1.29 is 9.84 Å². The van der Waals surface area contributed by atoms with Crippen molar-refractivity contribution in [2.45, 2.75) is 4.34 Å². The first-order valence-electron chi connectivity index (χ1n) is 5.48. The van der Waals surface area contributed by atoms with E-state index < -0.39 is 0 Å². The Morgan fingerprint density at radius 1 is 1.41 bits per heavy atom. The summed E-state index contributed by atoms with van der Waals surface area (Å²) in [5.41, 5.74) is 1.02. The van der Waals surface area contributed by atoms with Gasteiger partial charge in [0.05, 0.1) is 30.0 Å². The van der Waals surface area contributed by atoms with E-state index in [9.17, 15) is 5.11 Å². The molecule has 90 valence electrons. The van der Waals surface area contributed by atoms with E-state index in [1.807, 2.05) is 18.2 Å². The van der Waals surface area contributed by atoms with Gasteiger partial charge >= 0.3 is 0 Å². The number of para-hydroxylation sites is 1. The van der Waals surface area contributed by atoms with Crippen molar-refractivity contribution in [2.24, 2.45) is 5.41 Å². The van der Waals surface area contributed by atoms with E-state index in [4.69, 9.17) is 4.74 Å². The fourth-order valence-electron chi connectivity index (χ4n) is 1.74. The van der Waals surface area contributed by atoms with Crippen LogP contribution in [0.4, 0.5) is 0 Å². The number of thioether (sulfide) groups is 1. The molecule has 1 aliphatic rings. The lowest BCUT2D eigenvalue weighted by Crippen LogP contribution is -2.47. The molecule has 0 spiro atoms. The Morgan fingerprint density at radius 2 is 2.24 bits per heavy atom. The molecule has 1 saturated heterocycles. The summed E-state index contributed by atoms with van der Waals surface area (Å²) in [6.45, 7) is 1.54. The Morgan fingerprint density at radius 3 is 2.88 bits per heavy atom. The van der Waals surface area contributed by atoms with Gasteiger partial charge in [-0.05, 0) is 12.1 Å². The zero-order valence-corrected chi connectivity index (χ0v) is 10.9. The van der Waals surface area contributed by atoms with Gasteiger partial charge in [0.25, 0.3) is 0 Å². The molecule has 0 unspecified atom stereocenters. The van der Waals surface area contributed by atoms with E-state index in [1.165, 1.54) is 4.70 Å². The van der Waals surface area contributed by atoms with E-state index >= 15 is 0 Å². The molecule has 2 aromatic rings. The molecule has 5 heteroatoms. The van der Waals surface area contributed by atoms with Crippen LogP contribution in [-0.4, -0.2) is 35.7 Å². The van der Waals surface area contributed by atoms with Crippen LogP contribution in [0.1, 0.15) is 0 Å². The minimum Gasteiger partial charge on any atom is -0.396 e. The Bertz CT molecular complexity index is 483. The van der Waals surface area contributed by atoms with E-state index in [-0.39, 0.29) is 12.0 Å². The molecule has 1 N–H and O–H groups in total. The van der Waals surface area contributed by atoms with E-state index in [1.54, 1.807) is 23.1 Å². The van der Waals surface area contributed by atoms with E-state index in [0.717, 1.165) is 15.6 Å². The summed E-state index contributed by atoms with van der Waals surface area (Å²) >= 11 is 3.43. The summed E-state index contributed by atoms with van der Waals surface area (Å²) in [5.74, 6) is 0.878. The second-order valence-electron chi connectivity index (χ2n) is 4.39. The standard InChI is InChI=1S/C12H13NO2S2/c14-5-12(6-15-7-12)8-16-11-13-9-3-1-2-4-10(9)17-11/h1-4,14H,5-8H2. The quantitative estimate of drug-likeness (QED) is 0.864. The van der Waals surface area contributed by atoms with Crippen LogP contribution in [0, 0.1) is 5.41 Å². The molecule has 3 rings (SSSR count). The molecule has 0 aliphatic carbocycles. The number of benzene rings is 1. The minimum atomic E-state index is -0.0392. The summed E-state index contributed by atoms with van der Waals surface area (Å²) in [6.07, 6.45) is 0. The predicted molar refractivity (Wildman–Crippen MR) is 70.7 cm³/mol. The molecule has 0 atom stereocenters. The minimum absolute atomic E-state index is 0.0392. The van der Waals surface area contributed by atoms with Crippen molar-refractivity contribution in [3.05, 3.63) is 24.3 Å². The van der Waals surface area contributed by atoms with Crippen molar-refractivity contribution in [2.75, 3.05) is 25.6 Å². The van der Waals surface area contributed by atoms with Gasteiger partial charge in [0.15, 0.2) is 4.34 Å². The molecule has 17 heavy (non-hydrogen) atoms. The molecule has 0 radical (unpaired) electrons. The molecular formula is C12H13NO2S2. The Balaban J connectivity index is 1.72. The van der Waals surface area contributed by atoms with Gasteiger partial charge in [-0.1, -0.05) is 23.9 Å². The van der Waals surface area contributed by atoms with Gasteiger partial charge in [-0.2, -0.15) is 0 Å². The number of thiazole rings is 1. The van der Waals surface area contributed by atoms with Gasteiger partial charge < -0.3 is 9.84 Å². The Kier molecular flexibility index (Phi) is 3.08. The molecule has 1 aliphatic heterocycles. The topological polar surface area (TPSA) is 42.4 Å². The second kappa shape index (κ2) is 4.57. The lowest BCUT2D eigenvalue weighted by atomic mass is 9.90. The predicted octanol–water partition coefficient (Wildman–Crippen LogP) is 2.40. The van der Waals surface area contributed by atoms with Gasteiger partial charge in [0.1, 0.15) is 0 Å². The summed E-state index contributed by atoms with van der Waals surface area (Å²) in [4.78, 5) is 4.57. The van der Waals surface area contributed by atoms with Crippen molar-refractivity contribution in [1.29, 1.82) is 0 Å². The largest absolute Gasteiger partial charge is 0.396 e. The van der Waals surface area contributed by atoms with Gasteiger partial charge in [0, 0.05) is 11.2 Å². The molecule has 0 amide bonds. The van der Waals surface area contributed by atoms with Crippen LogP contribution < -0.4 is 0 Å². The second-order valence-corrected chi connectivity index (χ2v) is 6.64. The lowest BCUT2D eigenvalue weighted by Gasteiger charge is -2.39. The number of fused-ring (bicyclic) bond motifs is 1. The molecule has 0 saturated carbocycles. The molecule has 3 nitrogen and oxygen atoms in total. The third-order valence-corrected chi connectivity index (χ3v) is 5.46. The number of hydrogen-bond donors (Lipinski definition) is 1. The van der Waals surface area contributed by atoms with Crippen molar-refractivity contribution >= 4 is 33.3 Å². The van der Waals surface area contributed by atoms with Gasteiger partial charge in [-0.15, -0.1) is 11.3 Å². The summed E-state index contributed by atoms with van der Waals surface area (Å²) in [5, 5.41) is 9.34. The lowest BCUT2D eigenvalue weighted by molar-refractivity contribution is -0.121. The number of ether oxygens (including phenoxy) is 1. The number of aromatic nitrogens is 1. The maximum absolute atomic E-state index is 9.34. The highest BCUT2D eigenvalue weighted by Crippen LogP contribution is 2.36. The van der Waals surface area contributed by atoms with Gasteiger partial charge in [-0.3, -0.25) is 0 Å². The van der Waals surface area contributed by atoms with E-state index in [0.29, 0.717) is 13.2 Å². The van der Waals surface area contributed by atoms with Crippen LogP contribution in [0.2, 0.25) is 0 Å². The number of rotatable bonds is 4. The molecule has 1 aromatic carbocycles. The molecule has 1 fully saturated rings. The number of nitrogens with zero attached hydrogens (tertiary/aromatic N) is 1. The fourth-order valence-corrected chi connectivity index (χ4v) is 3.97. The first-order chi connectivity index (χ1) is 8.31. The van der Waals surface area contributed by atoms with Gasteiger partial charge in [-0.25, -0.2) is 4.98 Å². The summed E-state index contributed by atoms with van der Waals surface area (Å²) < 4.78 is 7.48. The smallest absolute Gasteiger partial charge is 0.151 e. The maximum Gasteiger partial charge on any atom is 0.151 e. The molecule has 0 bridgehead atoms. The van der Waals surface area contributed by atoms with Crippen molar-refractivity contribution in [1.82, 2.24) is 4.98 Å². The highest BCUT2D eigenvalue weighted by atomic mass is 32.2. The van der Waals surface area contributed by atoms with Crippen LogP contribution in [0.3, 0.4) is 0 Å². The highest BCUT2D eigenvalue weighted by Gasteiger charge is 2.38. The zero-order chi connectivity index (χ0) is 11.7. The normalized spacial score (nSPS) is 18.2. The summed E-state index contributed by atoms with van der Waals surface area (Å²) in [6, 6.07) is 8.16. The van der Waals surface area contributed by atoms with E-state index in [2.05, 4.69) is 11.1 Å². The average Bonchev–Trinajstić information content (AvgIpc) is 2.71. The fraction of sp³-hybridized carbons (Fsp3) is 0.417. The number of aliphatic hydroxyl groups is 1. The van der Waals surface area contributed by atoms with Crippen LogP contribution in [0.25, 0.3) is 10.2 Å². The van der Waals surface area contributed by atoms with Crippen molar-refractivity contribution in [3.8, 4) is 0 Å². The molecule has 1 aromatic heterocycles. The Labute approximate surface area is 108 Å². The highest BCUT2D eigenvalue weighted by molar-refractivity contribution is 8.01. The third kappa shape index (κ3) is 2.20. The van der Waals surface area contributed by atoms with Crippen LogP contribution >= 0.6 is 23.1 Å². The molecular weight excluding hydrogens is 254 g/mol. The SMILES string of the molecule is OCC1(CSc2nc3ccccc3s2)COC1. The zero-order valence-electron chi connectivity index (χ0n) is 9.26. The number of hydrogen-bond acceptors (Lipinski definition) is 5. The van der Waals surface area contributed by atoms with Crippen LogP contribution in [0.5, 0.6) is 0 Å². The van der Waals surface area contributed by atoms with Crippen LogP contribution in [0.15, 0.2) is 28.6 Å². The van der Waals surface area contributed by atoms with Crippen molar-refractivity contribution in [3.63, 3.8) is 0 Å². The third-order valence-electron chi connectivity index (χ3n) is 2.93. The number of aliphatic hydroxyl groups excluding tert-OH is 1. The van der Waals surface area contributed by atoms with Crippen LogP contribution in [-0.2, 0) is 4.74 Å².